The Morgan fingerprint density at radius 2 is 1.78 bits per heavy atom. The molecule has 0 radical (unpaired) electrons. The average molecular weight is 324 g/mol. The van der Waals surface area contributed by atoms with Crippen LogP contribution in [0.3, 0.4) is 0 Å². The molecule has 0 fully saturated rings. The van der Waals surface area contributed by atoms with Gasteiger partial charge in [-0.1, -0.05) is 54.2 Å². The number of hydrogen-bond acceptors (Lipinski definition) is 3. The van der Waals surface area contributed by atoms with Crippen LogP contribution in [-0.4, -0.2) is 20.6 Å². The fourth-order valence-electron chi connectivity index (χ4n) is 2.23. The lowest BCUT2D eigenvalue weighted by molar-refractivity contribution is 0.0697. The summed E-state index contributed by atoms with van der Waals surface area (Å²) in [5, 5.41) is 9.87. The Morgan fingerprint density at radius 3 is 2.48 bits per heavy atom. The smallest absolute Gasteiger partial charge is 0.335 e. The van der Waals surface area contributed by atoms with E-state index in [1.807, 2.05) is 36.5 Å². The zero-order valence-electron chi connectivity index (χ0n) is 12.4. The number of benzene rings is 2. The van der Waals surface area contributed by atoms with Gasteiger partial charge in [-0.05, 0) is 23.3 Å². The monoisotopic (exact) mass is 324 g/mol. The van der Waals surface area contributed by atoms with Crippen molar-refractivity contribution in [1.82, 2.24) is 9.55 Å². The third-order valence-corrected chi connectivity index (χ3v) is 4.52. The maximum Gasteiger partial charge on any atom is 0.335 e. The SMILES string of the molecule is O=C(O)c1ccc(CSc2nccn2Cc2ccccc2)cc1. The van der Waals surface area contributed by atoms with Crippen molar-refractivity contribution < 1.29 is 9.90 Å². The molecular formula is C18H16N2O2S. The van der Waals surface area contributed by atoms with Crippen molar-refractivity contribution in [3.63, 3.8) is 0 Å². The Balaban J connectivity index is 1.65. The molecule has 0 unspecified atom stereocenters. The van der Waals surface area contributed by atoms with E-state index in [-0.39, 0.29) is 0 Å². The van der Waals surface area contributed by atoms with Gasteiger partial charge in [-0.25, -0.2) is 9.78 Å². The summed E-state index contributed by atoms with van der Waals surface area (Å²) in [5.41, 5.74) is 2.62. The molecule has 0 amide bonds. The molecule has 116 valence electrons. The fourth-order valence-corrected chi connectivity index (χ4v) is 3.14. The molecule has 0 aliphatic rings. The molecule has 3 aromatic rings. The summed E-state index contributed by atoms with van der Waals surface area (Å²) in [7, 11) is 0. The van der Waals surface area contributed by atoms with E-state index in [0.29, 0.717) is 5.56 Å². The molecule has 0 aliphatic carbocycles. The van der Waals surface area contributed by atoms with Crippen LogP contribution in [0.2, 0.25) is 0 Å². The Kier molecular flexibility index (Phi) is 4.78. The van der Waals surface area contributed by atoms with E-state index in [0.717, 1.165) is 23.0 Å². The molecule has 4 nitrogen and oxygen atoms in total. The largest absolute Gasteiger partial charge is 0.478 e. The summed E-state index contributed by atoms with van der Waals surface area (Å²) in [6.45, 7) is 0.793. The number of aromatic carboxylic acids is 1. The number of rotatable bonds is 6. The second kappa shape index (κ2) is 7.15. The predicted molar refractivity (Wildman–Crippen MR) is 90.7 cm³/mol. The van der Waals surface area contributed by atoms with Crippen molar-refractivity contribution in [2.45, 2.75) is 17.5 Å². The highest BCUT2D eigenvalue weighted by atomic mass is 32.2. The zero-order valence-corrected chi connectivity index (χ0v) is 13.2. The molecule has 0 saturated heterocycles. The summed E-state index contributed by atoms with van der Waals surface area (Å²) in [6.07, 6.45) is 3.78. The number of carbonyl (C=O) groups is 1. The normalized spacial score (nSPS) is 10.6. The quantitative estimate of drug-likeness (QED) is 0.698. The average Bonchev–Trinajstić information content (AvgIpc) is 3.01. The van der Waals surface area contributed by atoms with Gasteiger partial charge in [0.05, 0.1) is 5.56 Å². The summed E-state index contributed by atoms with van der Waals surface area (Å²) in [6, 6.07) is 17.2. The van der Waals surface area contributed by atoms with Crippen molar-refractivity contribution in [2.24, 2.45) is 0 Å². The fraction of sp³-hybridized carbons (Fsp3) is 0.111. The van der Waals surface area contributed by atoms with Gasteiger partial charge >= 0.3 is 5.97 Å². The third-order valence-electron chi connectivity index (χ3n) is 3.44. The minimum absolute atomic E-state index is 0.310. The zero-order chi connectivity index (χ0) is 16.1. The number of carboxylic acid groups (broad SMARTS) is 1. The van der Waals surface area contributed by atoms with E-state index in [2.05, 4.69) is 21.7 Å². The second-order valence-corrected chi connectivity index (χ2v) is 6.06. The maximum absolute atomic E-state index is 10.9. The predicted octanol–water partition coefficient (Wildman–Crippen LogP) is 3.92. The number of thioether (sulfide) groups is 1. The molecule has 2 aromatic carbocycles. The highest BCUT2D eigenvalue weighted by Gasteiger charge is 2.06. The van der Waals surface area contributed by atoms with Crippen LogP contribution in [0, 0.1) is 0 Å². The maximum atomic E-state index is 10.9. The van der Waals surface area contributed by atoms with Crippen LogP contribution >= 0.6 is 11.8 Å². The van der Waals surface area contributed by atoms with Gasteiger partial charge in [0.1, 0.15) is 0 Å². The summed E-state index contributed by atoms with van der Waals surface area (Å²) >= 11 is 1.64. The second-order valence-electron chi connectivity index (χ2n) is 5.11. The standard InChI is InChI=1S/C18H16N2O2S/c21-17(22)16-8-6-15(7-9-16)13-23-18-19-10-11-20(18)12-14-4-2-1-3-5-14/h1-11H,12-13H2,(H,21,22). The van der Waals surface area contributed by atoms with E-state index in [1.54, 1.807) is 30.1 Å². The van der Waals surface area contributed by atoms with Crippen molar-refractivity contribution in [1.29, 1.82) is 0 Å². The van der Waals surface area contributed by atoms with Gasteiger partial charge in [0.25, 0.3) is 0 Å². The van der Waals surface area contributed by atoms with E-state index < -0.39 is 5.97 Å². The van der Waals surface area contributed by atoms with E-state index in [4.69, 9.17) is 5.11 Å². The molecule has 0 aliphatic heterocycles. The first-order chi connectivity index (χ1) is 11.2. The molecule has 23 heavy (non-hydrogen) atoms. The van der Waals surface area contributed by atoms with Crippen LogP contribution in [0.25, 0.3) is 0 Å². The lowest BCUT2D eigenvalue weighted by Crippen LogP contribution is -2.00. The minimum Gasteiger partial charge on any atom is -0.478 e. The molecule has 0 bridgehead atoms. The van der Waals surface area contributed by atoms with Crippen LogP contribution in [0.5, 0.6) is 0 Å². The van der Waals surface area contributed by atoms with Crippen molar-refractivity contribution in [3.05, 3.63) is 83.7 Å². The Bertz CT molecular complexity index is 782. The number of aromatic nitrogens is 2. The van der Waals surface area contributed by atoms with Crippen LogP contribution in [0.15, 0.2) is 72.1 Å². The third kappa shape index (κ3) is 4.02. The van der Waals surface area contributed by atoms with Crippen LogP contribution in [0.1, 0.15) is 21.5 Å². The molecule has 0 saturated carbocycles. The van der Waals surface area contributed by atoms with Crippen LogP contribution in [0.4, 0.5) is 0 Å². The minimum atomic E-state index is -0.900. The first-order valence-electron chi connectivity index (χ1n) is 7.22. The molecule has 1 aromatic heterocycles. The van der Waals surface area contributed by atoms with Crippen LogP contribution < -0.4 is 0 Å². The van der Waals surface area contributed by atoms with Gasteiger partial charge in [0.15, 0.2) is 5.16 Å². The lowest BCUT2D eigenvalue weighted by atomic mass is 10.1. The number of nitrogens with zero attached hydrogens (tertiary/aromatic N) is 2. The first-order valence-corrected chi connectivity index (χ1v) is 8.21. The molecule has 3 rings (SSSR count). The molecule has 0 spiro atoms. The molecule has 0 atom stereocenters. The molecule has 5 heteroatoms. The topological polar surface area (TPSA) is 55.1 Å². The van der Waals surface area contributed by atoms with Gasteiger partial charge in [-0.3, -0.25) is 0 Å². The summed E-state index contributed by atoms with van der Waals surface area (Å²) < 4.78 is 2.12. The number of imidazole rings is 1. The lowest BCUT2D eigenvalue weighted by Gasteiger charge is -2.08. The van der Waals surface area contributed by atoms with Crippen molar-refractivity contribution in [2.75, 3.05) is 0 Å². The molecular weight excluding hydrogens is 308 g/mol. The van der Waals surface area contributed by atoms with Gasteiger partial charge in [0.2, 0.25) is 0 Å². The number of carboxylic acids is 1. The van der Waals surface area contributed by atoms with E-state index >= 15 is 0 Å². The van der Waals surface area contributed by atoms with Crippen molar-refractivity contribution >= 4 is 17.7 Å². The summed E-state index contributed by atoms with van der Waals surface area (Å²) in [5.74, 6) is -0.145. The van der Waals surface area contributed by atoms with Crippen LogP contribution in [-0.2, 0) is 12.3 Å². The van der Waals surface area contributed by atoms with Gasteiger partial charge < -0.3 is 9.67 Å². The van der Waals surface area contributed by atoms with Gasteiger partial charge in [-0.15, -0.1) is 0 Å². The number of hydrogen-bond donors (Lipinski definition) is 1. The Labute approximate surface area is 138 Å². The van der Waals surface area contributed by atoms with Crippen molar-refractivity contribution in [3.8, 4) is 0 Å². The van der Waals surface area contributed by atoms with Gasteiger partial charge in [0, 0.05) is 24.7 Å². The highest BCUT2D eigenvalue weighted by molar-refractivity contribution is 7.98. The van der Waals surface area contributed by atoms with Gasteiger partial charge in [-0.2, -0.15) is 0 Å². The Morgan fingerprint density at radius 1 is 1.04 bits per heavy atom. The summed E-state index contributed by atoms with van der Waals surface area (Å²) in [4.78, 5) is 15.3. The highest BCUT2D eigenvalue weighted by Crippen LogP contribution is 2.22. The van der Waals surface area contributed by atoms with E-state index in [9.17, 15) is 4.79 Å². The van der Waals surface area contributed by atoms with E-state index in [1.165, 1.54) is 5.56 Å². The first kappa shape index (κ1) is 15.4. The molecule has 1 heterocycles. The Hall–Kier alpha value is -2.53. The molecule has 1 N–H and O–H groups in total.